The molecular formula is C13H17FN4O. The van der Waals surface area contributed by atoms with Crippen molar-refractivity contribution >= 4 is 11.7 Å². The molecule has 1 aromatic rings. The smallest absolute Gasteiger partial charge is 0.257 e. The van der Waals surface area contributed by atoms with Gasteiger partial charge in [0.2, 0.25) is 0 Å². The van der Waals surface area contributed by atoms with Crippen LogP contribution in [0.15, 0.2) is 12.3 Å². The largest absolute Gasteiger partial charge is 0.368 e. The van der Waals surface area contributed by atoms with E-state index in [9.17, 15) is 9.18 Å². The number of hydrogen-bond donors (Lipinski definition) is 1. The second kappa shape index (κ2) is 7.31. The van der Waals surface area contributed by atoms with E-state index >= 15 is 0 Å². The van der Waals surface area contributed by atoms with E-state index < -0.39 is 11.7 Å². The first-order valence-corrected chi connectivity index (χ1v) is 6.20. The maximum absolute atomic E-state index is 14.1. The SMILES string of the molecule is CCNc1nccc(C(=O)N(CC)CCC#N)c1F. The van der Waals surface area contributed by atoms with Crippen molar-refractivity contribution in [2.75, 3.05) is 25.0 Å². The van der Waals surface area contributed by atoms with Crippen molar-refractivity contribution in [3.8, 4) is 6.07 Å². The molecule has 1 rings (SSSR count). The Kier molecular flexibility index (Phi) is 5.73. The number of carbonyl (C=O) groups excluding carboxylic acids is 1. The van der Waals surface area contributed by atoms with Crippen LogP contribution in [0.4, 0.5) is 10.2 Å². The van der Waals surface area contributed by atoms with Crippen molar-refractivity contribution in [1.29, 1.82) is 5.26 Å². The number of nitrogens with zero attached hydrogens (tertiary/aromatic N) is 3. The van der Waals surface area contributed by atoms with Crippen molar-refractivity contribution in [3.63, 3.8) is 0 Å². The Labute approximate surface area is 112 Å². The number of pyridine rings is 1. The van der Waals surface area contributed by atoms with Gasteiger partial charge in [-0.3, -0.25) is 4.79 Å². The molecule has 0 bridgehead atoms. The van der Waals surface area contributed by atoms with Gasteiger partial charge in [-0.15, -0.1) is 0 Å². The average Bonchev–Trinajstić information content (AvgIpc) is 2.42. The van der Waals surface area contributed by atoms with Gasteiger partial charge in [-0.1, -0.05) is 0 Å². The fourth-order valence-electron chi connectivity index (χ4n) is 1.66. The fraction of sp³-hybridized carbons (Fsp3) is 0.462. The van der Waals surface area contributed by atoms with Gasteiger partial charge in [0.25, 0.3) is 5.91 Å². The third-order valence-corrected chi connectivity index (χ3v) is 2.63. The summed E-state index contributed by atoms with van der Waals surface area (Å²) < 4.78 is 14.1. The summed E-state index contributed by atoms with van der Waals surface area (Å²) in [6, 6.07) is 3.33. The van der Waals surface area contributed by atoms with Crippen molar-refractivity contribution in [3.05, 3.63) is 23.6 Å². The Morgan fingerprint density at radius 3 is 2.89 bits per heavy atom. The molecule has 1 aromatic heterocycles. The fourth-order valence-corrected chi connectivity index (χ4v) is 1.66. The van der Waals surface area contributed by atoms with Crippen LogP contribution in [0, 0.1) is 17.1 Å². The molecule has 0 aliphatic carbocycles. The van der Waals surface area contributed by atoms with Gasteiger partial charge in [0, 0.05) is 25.8 Å². The van der Waals surface area contributed by atoms with Crippen LogP contribution in [0.1, 0.15) is 30.6 Å². The first kappa shape index (κ1) is 14.9. The predicted molar refractivity (Wildman–Crippen MR) is 70.2 cm³/mol. The molecule has 1 amide bonds. The molecule has 1 heterocycles. The number of nitriles is 1. The maximum Gasteiger partial charge on any atom is 0.257 e. The molecule has 5 nitrogen and oxygen atoms in total. The third-order valence-electron chi connectivity index (χ3n) is 2.63. The summed E-state index contributed by atoms with van der Waals surface area (Å²) in [7, 11) is 0. The molecule has 0 saturated heterocycles. The Bertz CT molecular complexity index is 484. The van der Waals surface area contributed by atoms with Gasteiger partial charge in [-0.25, -0.2) is 9.37 Å². The Hall–Kier alpha value is -2.16. The lowest BCUT2D eigenvalue weighted by Gasteiger charge is -2.20. The molecular weight excluding hydrogens is 247 g/mol. The third kappa shape index (κ3) is 3.65. The van der Waals surface area contributed by atoms with Crippen LogP contribution in [-0.2, 0) is 0 Å². The molecule has 0 unspecified atom stereocenters. The zero-order valence-corrected chi connectivity index (χ0v) is 11.1. The molecule has 0 fully saturated rings. The zero-order chi connectivity index (χ0) is 14.3. The van der Waals surface area contributed by atoms with Crippen molar-refractivity contribution in [2.45, 2.75) is 20.3 Å². The summed E-state index contributed by atoms with van der Waals surface area (Å²) in [5, 5.41) is 11.3. The lowest BCUT2D eigenvalue weighted by atomic mass is 10.2. The van der Waals surface area contributed by atoms with Gasteiger partial charge in [0.1, 0.15) is 0 Å². The van der Waals surface area contributed by atoms with Gasteiger partial charge < -0.3 is 10.2 Å². The molecule has 6 heteroatoms. The standard InChI is InChI=1S/C13H17FN4O/c1-3-16-12-11(14)10(6-8-17-12)13(19)18(4-2)9-5-7-15/h6,8H,3-5,9H2,1-2H3,(H,16,17). The van der Waals surface area contributed by atoms with Crippen molar-refractivity contribution in [2.24, 2.45) is 0 Å². The highest BCUT2D eigenvalue weighted by Crippen LogP contribution is 2.16. The molecule has 0 aromatic carbocycles. The number of aromatic nitrogens is 1. The van der Waals surface area contributed by atoms with Gasteiger partial charge >= 0.3 is 0 Å². The average molecular weight is 264 g/mol. The second-order valence-corrected chi connectivity index (χ2v) is 3.84. The summed E-state index contributed by atoms with van der Waals surface area (Å²) in [5.74, 6) is -0.994. The molecule has 1 N–H and O–H groups in total. The van der Waals surface area contributed by atoms with Crippen LogP contribution in [-0.4, -0.2) is 35.4 Å². The molecule has 102 valence electrons. The Morgan fingerprint density at radius 1 is 1.58 bits per heavy atom. The van der Waals surface area contributed by atoms with E-state index in [0.717, 1.165) is 0 Å². The normalized spacial score (nSPS) is 9.79. The molecule has 0 aliphatic rings. The minimum absolute atomic E-state index is 0.0225. The molecule has 0 atom stereocenters. The minimum Gasteiger partial charge on any atom is -0.368 e. The number of nitrogens with one attached hydrogen (secondary N) is 1. The maximum atomic E-state index is 14.1. The lowest BCUT2D eigenvalue weighted by Crippen LogP contribution is -2.32. The highest BCUT2D eigenvalue weighted by Gasteiger charge is 2.20. The van der Waals surface area contributed by atoms with Gasteiger partial charge in [-0.05, 0) is 19.9 Å². The number of amides is 1. The number of rotatable bonds is 6. The summed E-state index contributed by atoms with van der Waals surface area (Å²) in [6.07, 6.45) is 1.62. The number of halogens is 1. The summed E-state index contributed by atoms with van der Waals surface area (Å²) >= 11 is 0. The van der Waals surface area contributed by atoms with Crippen LogP contribution in [0.2, 0.25) is 0 Å². The van der Waals surface area contributed by atoms with Crippen LogP contribution in [0.3, 0.4) is 0 Å². The zero-order valence-electron chi connectivity index (χ0n) is 11.1. The minimum atomic E-state index is -0.648. The first-order chi connectivity index (χ1) is 9.15. The van der Waals surface area contributed by atoms with Crippen LogP contribution < -0.4 is 5.32 Å². The van der Waals surface area contributed by atoms with Gasteiger partial charge in [0.05, 0.1) is 18.1 Å². The van der Waals surface area contributed by atoms with Gasteiger partial charge in [0.15, 0.2) is 11.6 Å². The quantitative estimate of drug-likeness (QED) is 0.853. The van der Waals surface area contributed by atoms with Crippen LogP contribution >= 0.6 is 0 Å². The molecule has 0 saturated carbocycles. The lowest BCUT2D eigenvalue weighted by molar-refractivity contribution is 0.0763. The van der Waals surface area contributed by atoms with E-state index in [2.05, 4.69) is 10.3 Å². The monoisotopic (exact) mass is 264 g/mol. The Balaban J connectivity index is 2.98. The topological polar surface area (TPSA) is 69.0 Å². The van der Waals surface area contributed by atoms with E-state index in [-0.39, 0.29) is 17.8 Å². The first-order valence-electron chi connectivity index (χ1n) is 6.20. The van der Waals surface area contributed by atoms with E-state index in [4.69, 9.17) is 5.26 Å². The molecule has 0 radical (unpaired) electrons. The molecule has 0 spiro atoms. The number of hydrogen-bond acceptors (Lipinski definition) is 4. The van der Waals surface area contributed by atoms with Crippen LogP contribution in [0.25, 0.3) is 0 Å². The second-order valence-electron chi connectivity index (χ2n) is 3.84. The predicted octanol–water partition coefficient (Wildman–Crippen LogP) is 2.03. The highest BCUT2D eigenvalue weighted by atomic mass is 19.1. The molecule has 19 heavy (non-hydrogen) atoms. The number of anilines is 1. The van der Waals surface area contributed by atoms with Crippen molar-refractivity contribution in [1.82, 2.24) is 9.88 Å². The summed E-state index contributed by atoms with van der Waals surface area (Å²) in [6.45, 7) is 4.86. The van der Waals surface area contributed by atoms with Crippen molar-refractivity contribution < 1.29 is 9.18 Å². The van der Waals surface area contributed by atoms with E-state index in [0.29, 0.717) is 19.6 Å². The van der Waals surface area contributed by atoms with E-state index in [1.165, 1.54) is 17.2 Å². The summed E-state index contributed by atoms with van der Waals surface area (Å²) in [4.78, 5) is 17.5. The van der Waals surface area contributed by atoms with Gasteiger partial charge in [-0.2, -0.15) is 5.26 Å². The highest BCUT2D eigenvalue weighted by molar-refractivity contribution is 5.95. The number of carbonyl (C=O) groups is 1. The summed E-state index contributed by atoms with van der Waals surface area (Å²) in [5.41, 5.74) is -0.0225. The molecule has 0 aliphatic heterocycles. The van der Waals surface area contributed by atoms with E-state index in [1.807, 2.05) is 13.0 Å². The van der Waals surface area contributed by atoms with E-state index in [1.54, 1.807) is 6.92 Å². The van der Waals surface area contributed by atoms with Crippen LogP contribution in [0.5, 0.6) is 0 Å². The Morgan fingerprint density at radius 2 is 2.32 bits per heavy atom.